The van der Waals surface area contributed by atoms with Crippen molar-refractivity contribution < 1.29 is 14.2 Å². The lowest BCUT2D eigenvalue weighted by molar-refractivity contribution is -0.0452. The zero-order chi connectivity index (χ0) is 16.5. The monoisotopic (exact) mass is 314 g/mol. The van der Waals surface area contributed by atoms with Gasteiger partial charge in [-0.25, -0.2) is 0 Å². The minimum Gasteiger partial charge on any atom is -0.349 e. The van der Waals surface area contributed by atoms with Gasteiger partial charge in [0.2, 0.25) is 11.6 Å². The molecule has 0 radical (unpaired) electrons. The minimum atomic E-state index is -0.487. The Bertz CT molecular complexity index is 294. The van der Waals surface area contributed by atoms with Crippen LogP contribution in [0.3, 0.4) is 0 Å². The van der Waals surface area contributed by atoms with Gasteiger partial charge in [0.25, 0.3) is 0 Å². The van der Waals surface area contributed by atoms with Gasteiger partial charge < -0.3 is 14.2 Å². The van der Waals surface area contributed by atoms with E-state index in [-0.39, 0.29) is 0 Å². The van der Waals surface area contributed by atoms with Gasteiger partial charge in [0.15, 0.2) is 0 Å². The van der Waals surface area contributed by atoms with Crippen LogP contribution in [0.4, 0.5) is 0 Å². The fourth-order valence-corrected chi connectivity index (χ4v) is 3.48. The van der Waals surface area contributed by atoms with E-state index in [0.717, 1.165) is 38.0 Å². The van der Waals surface area contributed by atoms with Crippen molar-refractivity contribution in [3.8, 4) is 0 Å². The van der Waals surface area contributed by atoms with Crippen LogP contribution in [0.5, 0.6) is 0 Å². The fourth-order valence-electron chi connectivity index (χ4n) is 3.48. The van der Waals surface area contributed by atoms with Crippen molar-refractivity contribution >= 4 is 0 Å². The van der Waals surface area contributed by atoms with Crippen LogP contribution in [0.1, 0.15) is 91.4 Å². The van der Waals surface area contributed by atoms with Crippen LogP contribution in [0.15, 0.2) is 0 Å². The lowest BCUT2D eigenvalue weighted by Crippen LogP contribution is -2.30. The average Bonchev–Trinajstić information content (AvgIpc) is 3.18. The number of ether oxygens (including phenoxy) is 3. The second kappa shape index (κ2) is 9.89. The molecule has 0 amide bonds. The molecule has 1 saturated heterocycles. The zero-order valence-electron chi connectivity index (χ0n) is 15.6. The topological polar surface area (TPSA) is 31.0 Å². The summed E-state index contributed by atoms with van der Waals surface area (Å²) < 4.78 is 17.3. The van der Waals surface area contributed by atoms with Crippen LogP contribution in [0.25, 0.3) is 0 Å². The summed E-state index contributed by atoms with van der Waals surface area (Å²) >= 11 is 0. The van der Waals surface area contributed by atoms with Crippen LogP contribution in [0, 0.1) is 5.92 Å². The van der Waals surface area contributed by atoms with Gasteiger partial charge in [-0.1, -0.05) is 65.7 Å². The van der Waals surface area contributed by atoms with Gasteiger partial charge in [0, 0.05) is 27.1 Å². The van der Waals surface area contributed by atoms with Gasteiger partial charge in [0.1, 0.15) is 0 Å². The average molecular weight is 315 g/mol. The Kier molecular flexibility index (Phi) is 8.96. The van der Waals surface area contributed by atoms with E-state index in [9.17, 15) is 0 Å². The molecule has 1 fully saturated rings. The number of hydrogen-bond donors (Lipinski definition) is 0. The van der Waals surface area contributed by atoms with E-state index in [0.29, 0.717) is 0 Å². The van der Waals surface area contributed by atoms with Crippen molar-refractivity contribution in [1.82, 2.24) is 0 Å². The Morgan fingerprint density at radius 1 is 0.773 bits per heavy atom. The number of rotatable bonds is 14. The molecule has 1 aliphatic heterocycles. The minimum absolute atomic E-state index is 0.484. The van der Waals surface area contributed by atoms with Crippen molar-refractivity contribution in [1.29, 1.82) is 0 Å². The highest BCUT2D eigenvalue weighted by Crippen LogP contribution is 2.55. The molecule has 1 heterocycles. The first-order valence-electron chi connectivity index (χ1n) is 9.40. The van der Waals surface area contributed by atoms with Crippen molar-refractivity contribution in [3.05, 3.63) is 0 Å². The van der Waals surface area contributed by atoms with E-state index >= 15 is 0 Å². The summed E-state index contributed by atoms with van der Waals surface area (Å²) in [4.78, 5) is 0. The predicted molar refractivity (Wildman–Crippen MR) is 91.9 cm³/mol. The smallest absolute Gasteiger partial charge is 0.226 e. The van der Waals surface area contributed by atoms with Gasteiger partial charge >= 0.3 is 0 Å². The third kappa shape index (κ3) is 5.21. The number of hydrogen-bond acceptors (Lipinski definition) is 3. The highest BCUT2D eigenvalue weighted by molar-refractivity contribution is 5.03. The molecule has 0 bridgehead atoms. The lowest BCUT2D eigenvalue weighted by atomic mass is 9.94. The maximum absolute atomic E-state index is 5.94. The molecule has 3 heteroatoms. The van der Waals surface area contributed by atoms with E-state index in [1.54, 1.807) is 14.2 Å². The summed E-state index contributed by atoms with van der Waals surface area (Å²) in [6.07, 6.45) is 13.4. The summed E-state index contributed by atoms with van der Waals surface area (Å²) in [5, 5.41) is 0. The molecule has 0 saturated carbocycles. The Balaban J connectivity index is 2.27. The molecular weight excluding hydrogens is 276 g/mol. The number of unbranched alkanes of at least 4 members (excludes halogenated alkanes) is 4. The van der Waals surface area contributed by atoms with Crippen LogP contribution in [-0.4, -0.2) is 25.8 Å². The molecule has 22 heavy (non-hydrogen) atoms. The molecule has 132 valence electrons. The Morgan fingerprint density at radius 3 is 1.86 bits per heavy atom. The van der Waals surface area contributed by atoms with E-state index in [4.69, 9.17) is 14.2 Å². The van der Waals surface area contributed by atoms with Crippen molar-refractivity contribution in [2.75, 3.05) is 14.2 Å². The molecule has 0 aromatic heterocycles. The Hall–Kier alpha value is -0.120. The first-order valence-corrected chi connectivity index (χ1v) is 9.40. The van der Waals surface area contributed by atoms with Crippen LogP contribution in [-0.2, 0) is 14.2 Å². The summed E-state index contributed by atoms with van der Waals surface area (Å²) in [7, 11) is 3.49. The van der Waals surface area contributed by atoms with Gasteiger partial charge in [-0.05, 0) is 18.8 Å². The predicted octanol–water partition coefficient (Wildman–Crippen LogP) is 5.67. The normalized spacial score (nSPS) is 28.8. The summed E-state index contributed by atoms with van der Waals surface area (Å²) in [5.41, 5.74) is 0. The molecule has 3 nitrogen and oxygen atoms in total. The number of methoxy groups -OCH3 is 2. The highest BCUT2D eigenvalue weighted by atomic mass is 16.9. The van der Waals surface area contributed by atoms with E-state index < -0.39 is 11.6 Å². The van der Waals surface area contributed by atoms with Crippen LogP contribution in [0.2, 0.25) is 0 Å². The summed E-state index contributed by atoms with van der Waals surface area (Å²) in [6, 6.07) is 0. The third-order valence-corrected chi connectivity index (χ3v) is 5.14. The lowest BCUT2D eigenvalue weighted by Gasteiger charge is -2.18. The van der Waals surface area contributed by atoms with Gasteiger partial charge in [-0.3, -0.25) is 0 Å². The first-order chi connectivity index (χ1) is 10.6. The van der Waals surface area contributed by atoms with Crippen LogP contribution < -0.4 is 0 Å². The Morgan fingerprint density at radius 2 is 1.32 bits per heavy atom. The van der Waals surface area contributed by atoms with Crippen molar-refractivity contribution in [2.45, 2.75) is 103 Å². The molecule has 0 aliphatic carbocycles. The number of epoxide rings is 1. The van der Waals surface area contributed by atoms with Gasteiger partial charge in [-0.2, -0.15) is 0 Å². The summed E-state index contributed by atoms with van der Waals surface area (Å²) in [6.45, 7) is 6.84. The third-order valence-electron chi connectivity index (χ3n) is 5.14. The second-order valence-corrected chi connectivity index (χ2v) is 6.97. The van der Waals surface area contributed by atoms with Crippen LogP contribution >= 0.6 is 0 Å². The fraction of sp³-hybridized carbons (Fsp3) is 1.00. The standard InChI is InChI=1S/C19H38O3/c1-6-8-10-11-13-17(3)14-12-16-19(21-5)18(20-4,22-19)15-9-7-2/h17H,6-16H2,1-5H3. The van der Waals surface area contributed by atoms with E-state index in [2.05, 4.69) is 20.8 Å². The quantitative estimate of drug-likeness (QED) is 0.306. The largest absolute Gasteiger partial charge is 0.349 e. The molecule has 0 spiro atoms. The SMILES string of the molecule is CCCCCCC(C)CCCC1(OC)OC1(CCCC)OC. The second-order valence-electron chi connectivity index (χ2n) is 6.97. The molecule has 1 aliphatic rings. The maximum atomic E-state index is 5.94. The van der Waals surface area contributed by atoms with Crippen molar-refractivity contribution in [3.63, 3.8) is 0 Å². The molecule has 3 atom stereocenters. The molecule has 1 rings (SSSR count). The molecule has 3 unspecified atom stereocenters. The van der Waals surface area contributed by atoms with E-state index in [1.807, 2.05) is 0 Å². The maximum Gasteiger partial charge on any atom is 0.226 e. The van der Waals surface area contributed by atoms with E-state index in [1.165, 1.54) is 38.5 Å². The first kappa shape index (κ1) is 19.9. The Labute approximate surface area is 138 Å². The van der Waals surface area contributed by atoms with Gasteiger partial charge in [-0.15, -0.1) is 0 Å². The highest BCUT2D eigenvalue weighted by Gasteiger charge is 2.71. The molecular formula is C19H38O3. The zero-order valence-corrected chi connectivity index (χ0v) is 15.6. The van der Waals surface area contributed by atoms with Crippen molar-refractivity contribution in [2.24, 2.45) is 5.92 Å². The summed E-state index contributed by atoms with van der Waals surface area (Å²) in [5.74, 6) is -0.168. The molecule has 0 aromatic rings. The molecule has 0 aromatic carbocycles. The molecule has 0 N–H and O–H groups in total. The van der Waals surface area contributed by atoms with Gasteiger partial charge in [0.05, 0.1) is 0 Å².